The molecule has 3 aromatic rings. The van der Waals surface area contributed by atoms with Gasteiger partial charge >= 0.3 is 5.97 Å². The monoisotopic (exact) mass is 468 g/mol. The highest BCUT2D eigenvalue weighted by molar-refractivity contribution is 6.30. The van der Waals surface area contributed by atoms with E-state index in [2.05, 4.69) is 4.98 Å². The number of carbonyl (C=O) groups is 2. The molecule has 2 aromatic carbocycles. The number of ether oxygens (including phenoxy) is 1. The first-order chi connectivity index (χ1) is 15.9. The van der Waals surface area contributed by atoms with Gasteiger partial charge in [0.05, 0.1) is 24.3 Å². The summed E-state index contributed by atoms with van der Waals surface area (Å²) in [6.45, 7) is 3.70. The summed E-state index contributed by atoms with van der Waals surface area (Å²) in [5.74, 6) is -0.521. The van der Waals surface area contributed by atoms with Crippen LogP contribution in [0.25, 0.3) is 10.9 Å². The average molecular weight is 469 g/mol. The zero-order chi connectivity index (χ0) is 23.5. The first-order valence-corrected chi connectivity index (χ1v) is 11.1. The molecular formula is C24H25ClN4O4. The van der Waals surface area contributed by atoms with Crippen molar-refractivity contribution in [2.75, 3.05) is 33.3 Å². The summed E-state index contributed by atoms with van der Waals surface area (Å²) in [5, 5.41) is 1.09. The van der Waals surface area contributed by atoms with Crippen molar-refractivity contribution in [3.8, 4) is 0 Å². The Hall–Kier alpha value is -3.23. The number of carbonyl (C=O) groups excluding carboxylic acids is 2. The number of methoxy groups -OCH3 is 1. The second-order valence-corrected chi connectivity index (χ2v) is 8.48. The molecule has 2 heterocycles. The zero-order valence-corrected chi connectivity index (χ0v) is 19.3. The van der Waals surface area contributed by atoms with Crippen LogP contribution in [0.3, 0.4) is 0 Å². The van der Waals surface area contributed by atoms with Crippen LogP contribution in [0.2, 0.25) is 5.02 Å². The first kappa shape index (κ1) is 22.9. The van der Waals surface area contributed by atoms with Gasteiger partial charge in [0.15, 0.2) is 0 Å². The Bertz CT molecular complexity index is 1230. The van der Waals surface area contributed by atoms with Crippen LogP contribution in [0.1, 0.15) is 17.2 Å². The standard InChI is InChI=1S/C24H25ClN4O4/c1-16-4-3-5-19-21(16)26-15-29(23(19)31)14-20(30)27-10-12-28(13-11-27)22(24(32)33-2)17-6-8-18(25)9-7-17/h3-9,15,22H,10-14H2,1-2H3. The van der Waals surface area contributed by atoms with E-state index in [1.807, 2.05) is 36.1 Å². The Kier molecular flexibility index (Phi) is 6.76. The molecule has 9 heteroatoms. The van der Waals surface area contributed by atoms with E-state index < -0.39 is 6.04 Å². The molecule has 0 spiro atoms. The van der Waals surface area contributed by atoms with E-state index in [0.29, 0.717) is 42.1 Å². The van der Waals surface area contributed by atoms with Gasteiger partial charge in [0.1, 0.15) is 12.6 Å². The predicted molar refractivity (Wildman–Crippen MR) is 125 cm³/mol. The van der Waals surface area contributed by atoms with Crippen LogP contribution in [-0.2, 0) is 20.9 Å². The normalized spacial score (nSPS) is 15.4. The smallest absolute Gasteiger partial charge is 0.327 e. The molecule has 1 atom stereocenters. The fraction of sp³-hybridized carbons (Fsp3) is 0.333. The lowest BCUT2D eigenvalue weighted by Gasteiger charge is -2.38. The molecule has 1 amide bonds. The Morgan fingerprint density at radius 2 is 1.79 bits per heavy atom. The maximum Gasteiger partial charge on any atom is 0.327 e. The summed E-state index contributed by atoms with van der Waals surface area (Å²) < 4.78 is 6.37. The minimum atomic E-state index is -0.569. The third kappa shape index (κ3) is 4.77. The maximum absolute atomic E-state index is 12.9. The molecule has 0 bridgehead atoms. The lowest BCUT2D eigenvalue weighted by atomic mass is 10.0. The van der Waals surface area contributed by atoms with Gasteiger partial charge in [-0.2, -0.15) is 0 Å². The SMILES string of the molecule is COC(=O)C(c1ccc(Cl)cc1)N1CCN(C(=O)Cn2cnc3c(C)cccc3c2=O)CC1. The molecule has 1 aliphatic rings. The first-order valence-electron chi connectivity index (χ1n) is 10.7. The number of hydrogen-bond donors (Lipinski definition) is 0. The van der Waals surface area contributed by atoms with Crippen molar-refractivity contribution < 1.29 is 14.3 Å². The number of aryl methyl sites for hydroxylation is 1. The highest BCUT2D eigenvalue weighted by atomic mass is 35.5. The summed E-state index contributed by atoms with van der Waals surface area (Å²) in [6, 6.07) is 12.0. The topological polar surface area (TPSA) is 84.7 Å². The minimum absolute atomic E-state index is 0.0761. The number of halogens is 1. The van der Waals surface area contributed by atoms with E-state index >= 15 is 0 Å². The molecule has 0 radical (unpaired) electrons. The van der Waals surface area contributed by atoms with E-state index in [1.165, 1.54) is 18.0 Å². The molecule has 1 fully saturated rings. The molecule has 1 unspecified atom stereocenters. The van der Waals surface area contributed by atoms with Gasteiger partial charge in [-0.1, -0.05) is 35.9 Å². The quantitative estimate of drug-likeness (QED) is 0.535. The van der Waals surface area contributed by atoms with Crippen molar-refractivity contribution in [3.63, 3.8) is 0 Å². The van der Waals surface area contributed by atoms with Crippen molar-refractivity contribution in [1.29, 1.82) is 0 Å². The number of fused-ring (bicyclic) bond motifs is 1. The molecule has 172 valence electrons. The van der Waals surface area contributed by atoms with Crippen LogP contribution < -0.4 is 5.56 Å². The number of benzene rings is 2. The van der Waals surface area contributed by atoms with Gasteiger partial charge in [-0.3, -0.25) is 19.1 Å². The largest absolute Gasteiger partial charge is 0.468 e. The van der Waals surface area contributed by atoms with Crippen molar-refractivity contribution in [2.45, 2.75) is 19.5 Å². The second kappa shape index (κ2) is 9.72. The number of nitrogens with zero attached hydrogens (tertiary/aromatic N) is 4. The van der Waals surface area contributed by atoms with Crippen LogP contribution >= 0.6 is 11.6 Å². The Morgan fingerprint density at radius 1 is 1.09 bits per heavy atom. The average Bonchev–Trinajstić information content (AvgIpc) is 2.83. The molecule has 0 aliphatic carbocycles. The van der Waals surface area contributed by atoms with E-state index in [9.17, 15) is 14.4 Å². The molecule has 4 rings (SSSR count). The van der Waals surface area contributed by atoms with Crippen molar-refractivity contribution >= 4 is 34.4 Å². The van der Waals surface area contributed by atoms with E-state index in [1.54, 1.807) is 23.1 Å². The summed E-state index contributed by atoms with van der Waals surface area (Å²) in [6.07, 6.45) is 1.43. The van der Waals surface area contributed by atoms with Crippen molar-refractivity contribution in [2.24, 2.45) is 0 Å². The van der Waals surface area contributed by atoms with E-state index in [4.69, 9.17) is 16.3 Å². The number of aromatic nitrogens is 2. The van der Waals surface area contributed by atoms with Gasteiger partial charge in [-0.25, -0.2) is 9.78 Å². The minimum Gasteiger partial charge on any atom is -0.468 e. The molecule has 1 aliphatic heterocycles. The van der Waals surface area contributed by atoms with Crippen molar-refractivity contribution in [1.82, 2.24) is 19.4 Å². The highest BCUT2D eigenvalue weighted by Gasteiger charge is 2.32. The van der Waals surface area contributed by atoms with Crippen LogP contribution in [0.5, 0.6) is 0 Å². The Morgan fingerprint density at radius 3 is 2.45 bits per heavy atom. The van der Waals surface area contributed by atoms with Crippen LogP contribution in [0.15, 0.2) is 53.6 Å². The number of piperazine rings is 1. The lowest BCUT2D eigenvalue weighted by molar-refractivity contribution is -0.148. The summed E-state index contributed by atoms with van der Waals surface area (Å²) in [7, 11) is 1.36. The third-order valence-electron chi connectivity index (χ3n) is 6.00. The van der Waals surface area contributed by atoms with Crippen LogP contribution in [0, 0.1) is 6.92 Å². The van der Waals surface area contributed by atoms with Crippen LogP contribution in [-0.4, -0.2) is 64.5 Å². The van der Waals surface area contributed by atoms with Crippen LogP contribution in [0.4, 0.5) is 0 Å². The molecule has 33 heavy (non-hydrogen) atoms. The van der Waals surface area contributed by atoms with E-state index in [-0.39, 0.29) is 24.0 Å². The van der Waals surface area contributed by atoms with Gasteiger partial charge in [0.2, 0.25) is 5.91 Å². The van der Waals surface area contributed by atoms with Gasteiger partial charge in [0, 0.05) is 31.2 Å². The molecule has 0 saturated carbocycles. The Labute approximate surface area is 196 Å². The van der Waals surface area contributed by atoms with E-state index in [0.717, 1.165) is 11.1 Å². The number of amides is 1. The number of para-hydroxylation sites is 1. The lowest BCUT2D eigenvalue weighted by Crippen LogP contribution is -2.52. The molecule has 1 saturated heterocycles. The fourth-order valence-electron chi connectivity index (χ4n) is 4.18. The third-order valence-corrected chi connectivity index (χ3v) is 6.26. The Balaban J connectivity index is 1.45. The van der Waals surface area contributed by atoms with Gasteiger partial charge in [-0.15, -0.1) is 0 Å². The van der Waals surface area contributed by atoms with Crippen molar-refractivity contribution in [3.05, 3.63) is 75.3 Å². The maximum atomic E-state index is 12.9. The summed E-state index contributed by atoms with van der Waals surface area (Å²) >= 11 is 5.98. The summed E-state index contributed by atoms with van der Waals surface area (Å²) in [4.78, 5) is 46.3. The number of hydrogen-bond acceptors (Lipinski definition) is 6. The van der Waals surface area contributed by atoms with Gasteiger partial charge in [-0.05, 0) is 36.2 Å². The molecule has 1 aromatic heterocycles. The highest BCUT2D eigenvalue weighted by Crippen LogP contribution is 2.25. The fourth-order valence-corrected chi connectivity index (χ4v) is 4.30. The predicted octanol–water partition coefficient (Wildman–Crippen LogP) is 2.42. The number of esters is 1. The van der Waals surface area contributed by atoms with Gasteiger partial charge < -0.3 is 9.64 Å². The molecule has 0 N–H and O–H groups in total. The zero-order valence-electron chi connectivity index (χ0n) is 18.5. The summed E-state index contributed by atoms with van der Waals surface area (Å²) in [5.41, 5.74) is 2.12. The molecular weight excluding hydrogens is 444 g/mol. The number of rotatable bonds is 5. The second-order valence-electron chi connectivity index (χ2n) is 8.04. The molecule has 8 nitrogen and oxygen atoms in total. The van der Waals surface area contributed by atoms with Gasteiger partial charge in [0.25, 0.3) is 5.56 Å².